The Hall–Kier alpha value is -5.40. The summed E-state index contributed by atoms with van der Waals surface area (Å²) in [5, 5.41) is 3.90. The molecule has 0 aliphatic heterocycles. The molecule has 0 saturated heterocycles. The summed E-state index contributed by atoms with van der Waals surface area (Å²) in [6.07, 6.45) is 9.07. The van der Waals surface area contributed by atoms with E-state index in [1.807, 2.05) is 0 Å². The Kier molecular flexibility index (Phi) is 6.57. The Bertz CT molecular complexity index is 1980. The number of anilines is 2. The van der Waals surface area contributed by atoms with Crippen LogP contribution in [0, 0.1) is 0 Å². The van der Waals surface area contributed by atoms with Crippen LogP contribution in [0.2, 0.25) is 0 Å². The largest absolute Gasteiger partial charge is 0.355 e. The highest BCUT2D eigenvalue weighted by Gasteiger charge is 2.46. The van der Waals surface area contributed by atoms with Gasteiger partial charge < -0.3 is 5.32 Å². The average molecular weight is 564 g/mol. The van der Waals surface area contributed by atoms with Crippen LogP contribution in [-0.2, 0) is 5.41 Å². The maximum Gasteiger partial charge on any atom is 0.0714 e. The second-order valence-corrected chi connectivity index (χ2v) is 11.7. The summed E-state index contributed by atoms with van der Waals surface area (Å²) in [5.74, 6) is 0. The van der Waals surface area contributed by atoms with Crippen molar-refractivity contribution in [2.45, 2.75) is 18.3 Å². The van der Waals surface area contributed by atoms with Gasteiger partial charge in [0, 0.05) is 16.9 Å². The topological polar surface area (TPSA) is 12.0 Å². The van der Waals surface area contributed by atoms with E-state index in [1.165, 1.54) is 55.6 Å². The minimum atomic E-state index is -0.421. The van der Waals surface area contributed by atoms with E-state index in [0.29, 0.717) is 0 Å². The summed E-state index contributed by atoms with van der Waals surface area (Å²) in [5.41, 5.74) is 14.5. The predicted octanol–water partition coefficient (Wildman–Crippen LogP) is 11.2. The molecule has 0 aromatic heterocycles. The lowest BCUT2D eigenvalue weighted by Gasteiger charge is -2.34. The van der Waals surface area contributed by atoms with Crippen LogP contribution in [0.5, 0.6) is 0 Å². The van der Waals surface area contributed by atoms with Crippen molar-refractivity contribution >= 4 is 16.9 Å². The predicted molar refractivity (Wildman–Crippen MR) is 185 cm³/mol. The first kappa shape index (κ1) is 26.2. The summed E-state index contributed by atoms with van der Waals surface area (Å²) < 4.78 is 0. The van der Waals surface area contributed by atoms with Crippen LogP contribution < -0.4 is 5.32 Å². The molecule has 2 aliphatic rings. The Labute approximate surface area is 259 Å². The zero-order chi connectivity index (χ0) is 29.3. The lowest BCUT2D eigenvalue weighted by atomic mass is 9.67. The number of hydrogen-bond donors (Lipinski definition) is 1. The molecule has 0 atom stereocenters. The molecule has 0 spiro atoms. The third kappa shape index (κ3) is 4.32. The Balaban J connectivity index is 1.32. The fourth-order valence-corrected chi connectivity index (χ4v) is 7.20. The lowest BCUT2D eigenvalue weighted by molar-refractivity contribution is 0.769. The SMILES string of the molecule is C1=CC(c2ccc(-c3ccccc3)cc2Nc2ccc3c(c2)C(c2ccccc2)(c2ccccc2)c2ccccc2-3)=CCC1. The van der Waals surface area contributed by atoms with Crippen molar-refractivity contribution in [3.05, 3.63) is 198 Å². The minimum absolute atomic E-state index is 0.421. The summed E-state index contributed by atoms with van der Waals surface area (Å²) in [6.45, 7) is 0. The molecule has 210 valence electrons. The summed E-state index contributed by atoms with van der Waals surface area (Å²) in [7, 11) is 0. The molecule has 0 radical (unpaired) electrons. The number of benzene rings is 6. The molecule has 1 nitrogen and oxygen atoms in total. The molecule has 6 aromatic carbocycles. The lowest BCUT2D eigenvalue weighted by Crippen LogP contribution is -2.28. The highest BCUT2D eigenvalue weighted by Crippen LogP contribution is 2.56. The van der Waals surface area contributed by atoms with Crippen molar-refractivity contribution in [2.24, 2.45) is 0 Å². The van der Waals surface area contributed by atoms with Crippen LogP contribution in [0.15, 0.2) is 170 Å². The van der Waals surface area contributed by atoms with Crippen LogP contribution in [0.1, 0.15) is 40.7 Å². The number of allylic oxidation sites excluding steroid dienone is 4. The first-order valence-corrected chi connectivity index (χ1v) is 15.5. The third-order valence-electron chi connectivity index (χ3n) is 9.17. The smallest absolute Gasteiger partial charge is 0.0714 e. The van der Waals surface area contributed by atoms with E-state index in [9.17, 15) is 0 Å². The van der Waals surface area contributed by atoms with Gasteiger partial charge in [0.25, 0.3) is 0 Å². The Morgan fingerprint density at radius 2 is 1.11 bits per heavy atom. The van der Waals surface area contributed by atoms with Gasteiger partial charge in [-0.2, -0.15) is 0 Å². The zero-order valence-electron chi connectivity index (χ0n) is 24.6. The highest BCUT2D eigenvalue weighted by molar-refractivity contribution is 5.90. The maximum absolute atomic E-state index is 3.90. The van der Waals surface area contributed by atoms with Gasteiger partial charge in [0.15, 0.2) is 0 Å². The second kappa shape index (κ2) is 11.0. The minimum Gasteiger partial charge on any atom is -0.355 e. The zero-order valence-corrected chi connectivity index (χ0v) is 24.6. The van der Waals surface area contributed by atoms with Crippen LogP contribution >= 0.6 is 0 Å². The van der Waals surface area contributed by atoms with Crippen molar-refractivity contribution in [3.8, 4) is 22.3 Å². The van der Waals surface area contributed by atoms with E-state index in [4.69, 9.17) is 0 Å². The fourth-order valence-electron chi connectivity index (χ4n) is 7.20. The molecule has 6 aromatic rings. The van der Waals surface area contributed by atoms with Crippen LogP contribution in [-0.4, -0.2) is 0 Å². The summed E-state index contributed by atoms with van der Waals surface area (Å²) in [6, 6.07) is 55.3. The molecule has 8 rings (SSSR count). The molecule has 0 amide bonds. The normalized spacial score (nSPS) is 14.4. The monoisotopic (exact) mass is 563 g/mol. The molecular weight excluding hydrogens is 530 g/mol. The van der Waals surface area contributed by atoms with Crippen LogP contribution in [0.4, 0.5) is 11.4 Å². The van der Waals surface area contributed by atoms with Crippen molar-refractivity contribution in [3.63, 3.8) is 0 Å². The molecular formula is C43H33N. The average Bonchev–Trinajstić information content (AvgIpc) is 3.40. The second-order valence-electron chi connectivity index (χ2n) is 11.7. The van der Waals surface area contributed by atoms with E-state index < -0.39 is 5.41 Å². The van der Waals surface area contributed by atoms with E-state index in [2.05, 4.69) is 175 Å². The van der Waals surface area contributed by atoms with E-state index in [-0.39, 0.29) is 0 Å². The molecule has 0 saturated carbocycles. The van der Waals surface area contributed by atoms with Crippen LogP contribution in [0.3, 0.4) is 0 Å². The Morgan fingerprint density at radius 1 is 0.477 bits per heavy atom. The van der Waals surface area contributed by atoms with Gasteiger partial charge in [-0.1, -0.05) is 152 Å². The van der Waals surface area contributed by atoms with E-state index >= 15 is 0 Å². The highest BCUT2D eigenvalue weighted by atomic mass is 14.9. The van der Waals surface area contributed by atoms with Crippen molar-refractivity contribution in [1.82, 2.24) is 0 Å². The molecule has 0 unspecified atom stereocenters. The van der Waals surface area contributed by atoms with Gasteiger partial charge in [-0.05, 0) is 81.1 Å². The van der Waals surface area contributed by atoms with Gasteiger partial charge in [-0.3, -0.25) is 0 Å². The van der Waals surface area contributed by atoms with Gasteiger partial charge in [-0.25, -0.2) is 0 Å². The first-order valence-electron chi connectivity index (χ1n) is 15.5. The molecule has 44 heavy (non-hydrogen) atoms. The van der Waals surface area contributed by atoms with Gasteiger partial charge in [-0.15, -0.1) is 0 Å². The third-order valence-corrected chi connectivity index (χ3v) is 9.17. The van der Waals surface area contributed by atoms with Gasteiger partial charge in [0.2, 0.25) is 0 Å². The summed E-state index contributed by atoms with van der Waals surface area (Å²) >= 11 is 0. The molecule has 0 bridgehead atoms. The molecule has 0 heterocycles. The van der Waals surface area contributed by atoms with Crippen LogP contribution in [0.25, 0.3) is 27.8 Å². The quantitative estimate of drug-likeness (QED) is 0.212. The van der Waals surface area contributed by atoms with Gasteiger partial charge in [0.05, 0.1) is 5.41 Å². The van der Waals surface area contributed by atoms with E-state index in [1.54, 1.807) is 0 Å². The van der Waals surface area contributed by atoms with Crippen molar-refractivity contribution < 1.29 is 0 Å². The van der Waals surface area contributed by atoms with Gasteiger partial charge in [0.1, 0.15) is 0 Å². The van der Waals surface area contributed by atoms with Crippen molar-refractivity contribution in [1.29, 1.82) is 0 Å². The standard InChI is InChI=1S/C43H33N/c1-5-15-31(16-6-1)33-25-27-37(32-17-7-2-8-18-32)42(29-33)44-36-26-28-39-38-23-13-14-24-40(38)43(41(39)30-36,34-19-9-3-10-20-34)35-21-11-4-12-22-35/h1,3-7,9-30,44H,2,8H2. The first-order chi connectivity index (χ1) is 21.8. The van der Waals surface area contributed by atoms with Gasteiger partial charge >= 0.3 is 0 Å². The number of rotatable bonds is 6. The molecule has 2 aliphatic carbocycles. The fraction of sp³-hybridized carbons (Fsp3) is 0.0698. The van der Waals surface area contributed by atoms with E-state index in [0.717, 1.165) is 24.2 Å². The Morgan fingerprint density at radius 3 is 1.82 bits per heavy atom. The summed E-state index contributed by atoms with van der Waals surface area (Å²) in [4.78, 5) is 0. The molecule has 1 heteroatoms. The number of hydrogen-bond acceptors (Lipinski definition) is 1. The van der Waals surface area contributed by atoms with Crippen molar-refractivity contribution in [2.75, 3.05) is 5.32 Å². The molecule has 0 fully saturated rings. The number of fused-ring (bicyclic) bond motifs is 3. The molecule has 1 N–H and O–H groups in total. The maximum atomic E-state index is 3.90. The number of nitrogens with one attached hydrogen (secondary N) is 1.